The molecule has 4 rings (SSSR count). The topological polar surface area (TPSA) is 39.9 Å². The van der Waals surface area contributed by atoms with Crippen LogP contribution in [0, 0.1) is 6.92 Å². The van der Waals surface area contributed by atoms with Crippen LogP contribution in [0.25, 0.3) is 22.3 Å². The highest BCUT2D eigenvalue weighted by atomic mass is 35.5. The molecule has 0 bridgehead atoms. The molecular formula is C23H20ClN3O. The zero-order valence-electron chi connectivity index (χ0n) is 15.8. The van der Waals surface area contributed by atoms with Gasteiger partial charge < -0.3 is 4.74 Å². The number of benzene rings is 3. The third kappa shape index (κ3) is 3.39. The molecule has 5 heteroatoms. The highest BCUT2D eigenvalue weighted by molar-refractivity contribution is 6.25. The Morgan fingerprint density at radius 3 is 2.29 bits per heavy atom. The van der Waals surface area contributed by atoms with Crippen molar-refractivity contribution in [1.29, 1.82) is 0 Å². The average molecular weight is 390 g/mol. The van der Waals surface area contributed by atoms with E-state index in [2.05, 4.69) is 41.5 Å². The van der Waals surface area contributed by atoms with Crippen LogP contribution < -0.4 is 4.74 Å². The number of para-hydroxylation sites is 1. The van der Waals surface area contributed by atoms with Crippen molar-refractivity contribution in [2.24, 2.45) is 0 Å². The fraction of sp³-hybridized carbons (Fsp3) is 0.130. The second-order valence-corrected chi connectivity index (χ2v) is 6.81. The molecule has 3 aromatic carbocycles. The molecule has 1 aromatic heterocycles. The lowest BCUT2D eigenvalue weighted by Crippen LogP contribution is -2.06. The molecule has 1 heterocycles. The van der Waals surface area contributed by atoms with Crippen LogP contribution in [0.15, 0.2) is 72.8 Å². The molecule has 0 saturated carbocycles. The van der Waals surface area contributed by atoms with Gasteiger partial charge in [0.05, 0.1) is 24.2 Å². The summed E-state index contributed by atoms with van der Waals surface area (Å²) >= 11 is 6.47. The van der Waals surface area contributed by atoms with Crippen LogP contribution in [0.4, 0.5) is 0 Å². The number of fused-ring (bicyclic) bond motifs is 1. The first-order valence-corrected chi connectivity index (χ1v) is 9.56. The van der Waals surface area contributed by atoms with Crippen molar-refractivity contribution in [3.63, 3.8) is 0 Å². The minimum absolute atomic E-state index is 0.346. The van der Waals surface area contributed by atoms with Gasteiger partial charge in [-0.05, 0) is 48.9 Å². The van der Waals surface area contributed by atoms with Gasteiger partial charge in [-0.2, -0.15) is 0 Å². The minimum atomic E-state index is 0.346. The Morgan fingerprint density at radius 2 is 1.61 bits per heavy atom. The Balaban J connectivity index is 2.00. The number of halogens is 1. The normalized spacial score (nSPS) is 12.1. The molecule has 0 amide bonds. The quantitative estimate of drug-likeness (QED) is 0.338. The number of aryl methyl sites for hydroxylation is 1. The second-order valence-electron chi connectivity index (χ2n) is 6.55. The SMILES string of the molecule is COc1ccc(/C(=C(\CCl)c2ccc(C)cc2)n2nnc3ccccc32)cc1. The lowest BCUT2D eigenvalue weighted by Gasteiger charge is -2.16. The molecule has 0 unspecified atom stereocenters. The largest absolute Gasteiger partial charge is 0.497 e. The molecular weight excluding hydrogens is 370 g/mol. The van der Waals surface area contributed by atoms with E-state index in [9.17, 15) is 0 Å². The maximum absolute atomic E-state index is 6.47. The van der Waals surface area contributed by atoms with E-state index >= 15 is 0 Å². The zero-order chi connectivity index (χ0) is 19.5. The van der Waals surface area contributed by atoms with Gasteiger partial charge in [0.2, 0.25) is 0 Å². The first kappa shape index (κ1) is 18.3. The van der Waals surface area contributed by atoms with E-state index in [1.54, 1.807) is 7.11 Å². The summed E-state index contributed by atoms with van der Waals surface area (Å²) in [5.74, 6) is 1.15. The second kappa shape index (κ2) is 7.87. The number of hydrogen-bond donors (Lipinski definition) is 0. The van der Waals surface area contributed by atoms with Gasteiger partial charge in [-0.15, -0.1) is 16.7 Å². The number of methoxy groups -OCH3 is 1. The van der Waals surface area contributed by atoms with Gasteiger partial charge in [0.1, 0.15) is 11.3 Å². The lowest BCUT2D eigenvalue weighted by atomic mass is 9.99. The van der Waals surface area contributed by atoms with Crippen LogP contribution >= 0.6 is 11.6 Å². The smallest absolute Gasteiger partial charge is 0.118 e. The van der Waals surface area contributed by atoms with Crippen molar-refractivity contribution < 1.29 is 4.74 Å². The number of alkyl halides is 1. The standard InChI is InChI=1S/C23H20ClN3O/c1-16-7-9-17(10-8-16)20(15-24)23(18-11-13-19(28-2)14-12-18)27-22-6-4-3-5-21(22)25-26-27/h3-14H,15H2,1-2H3/b23-20-. The van der Waals surface area contributed by atoms with Crippen LogP contribution in [-0.2, 0) is 0 Å². The third-order valence-corrected chi connectivity index (χ3v) is 5.01. The molecule has 0 spiro atoms. The van der Waals surface area contributed by atoms with Crippen LogP contribution in [0.3, 0.4) is 0 Å². The summed E-state index contributed by atoms with van der Waals surface area (Å²) in [6.45, 7) is 2.07. The molecule has 28 heavy (non-hydrogen) atoms. The summed E-state index contributed by atoms with van der Waals surface area (Å²) in [6.07, 6.45) is 0. The molecule has 0 fully saturated rings. The average Bonchev–Trinajstić information content (AvgIpc) is 3.17. The third-order valence-electron chi connectivity index (χ3n) is 4.75. The summed E-state index contributed by atoms with van der Waals surface area (Å²) < 4.78 is 7.19. The van der Waals surface area contributed by atoms with Gasteiger partial charge in [0.15, 0.2) is 0 Å². The number of ether oxygens (including phenoxy) is 1. The number of nitrogens with zero attached hydrogens (tertiary/aromatic N) is 3. The van der Waals surface area contributed by atoms with E-state index in [-0.39, 0.29) is 0 Å². The van der Waals surface area contributed by atoms with E-state index in [4.69, 9.17) is 16.3 Å². The van der Waals surface area contributed by atoms with E-state index in [0.717, 1.165) is 39.2 Å². The van der Waals surface area contributed by atoms with Gasteiger partial charge >= 0.3 is 0 Å². The summed E-state index contributed by atoms with van der Waals surface area (Å²) in [4.78, 5) is 0. The first-order chi connectivity index (χ1) is 13.7. The number of allylic oxidation sites excluding steroid dienone is 1. The lowest BCUT2D eigenvalue weighted by molar-refractivity contribution is 0.415. The molecule has 0 aliphatic heterocycles. The predicted octanol–water partition coefficient (Wildman–Crippen LogP) is 5.40. The van der Waals surface area contributed by atoms with Crippen molar-refractivity contribution in [1.82, 2.24) is 15.0 Å². The summed E-state index contributed by atoms with van der Waals surface area (Å²) in [7, 11) is 1.66. The number of aromatic nitrogens is 3. The molecule has 140 valence electrons. The van der Waals surface area contributed by atoms with Crippen molar-refractivity contribution in [3.8, 4) is 5.75 Å². The zero-order valence-corrected chi connectivity index (χ0v) is 16.5. The molecule has 0 N–H and O–H groups in total. The fourth-order valence-electron chi connectivity index (χ4n) is 3.24. The molecule has 0 saturated heterocycles. The molecule has 0 aliphatic carbocycles. The molecule has 0 atom stereocenters. The fourth-order valence-corrected chi connectivity index (χ4v) is 3.52. The van der Waals surface area contributed by atoms with E-state index in [1.165, 1.54) is 5.56 Å². The van der Waals surface area contributed by atoms with Crippen molar-refractivity contribution in [2.45, 2.75) is 6.92 Å². The molecule has 0 radical (unpaired) electrons. The van der Waals surface area contributed by atoms with Gasteiger partial charge in [-0.1, -0.05) is 47.2 Å². The van der Waals surface area contributed by atoms with Crippen LogP contribution in [-0.4, -0.2) is 28.0 Å². The first-order valence-electron chi connectivity index (χ1n) is 9.02. The van der Waals surface area contributed by atoms with E-state index in [0.29, 0.717) is 5.88 Å². The number of hydrogen-bond acceptors (Lipinski definition) is 3. The Hall–Kier alpha value is -3.11. The van der Waals surface area contributed by atoms with Gasteiger partial charge in [0, 0.05) is 11.1 Å². The Morgan fingerprint density at radius 1 is 0.929 bits per heavy atom. The minimum Gasteiger partial charge on any atom is -0.497 e. The van der Waals surface area contributed by atoms with E-state index in [1.807, 2.05) is 53.2 Å². The van der Waals surface area contributed by atoms with Crippen LogP contribution in [0.1, 0.15) is 16.7 Å². The maximum Gasteiger partial charge on any atom is 0.118 e. The highest BCUT2D eigenvalue weighted by Crippen LogP contribution is 2.31. The Kier molecular flexibility index (Phi) is 5.13. The predicted molar refractivity (Wildman–Crippen MR) is 115 cm³/mol. The highest BCUT2D eigenvalue weighted by Gasteiger charge is 2.17. The van der Waals surface area contributed by atoms with Gasteiger partial charge in [-0.25, -0.2) is 4.68 Å². The van der Waals surface area contributed by atoms with Gasteiger partial charge in [-0.3, -0.25) is 0 Å². The summed E-state index contributed by atoms with van der Waals surface area (Å²) in [5, 5.41) is 8.78. The van der Waals surface area contributed by atoms with Crippen molar-refractivity contribution in [3.05, 3.63) is 89.5 Å². The summed E-state index contributed by atoms with van der Waals surface area (Å²) in [6, 6.07) is 24.2. The van der Waals surface area contributed by atoms with Crippen molar-refractivity contribution >= 4 is 33.9 Å². The van der Waals surface area contributed by atoms with Crippen molar-refractivity contribution in [2.75, 3.05) is 13.0 Å². The Bertz CT molecular complexity index is 1130. The van der Waals surface area contributed by atoms with E-state index < -0.39 is 0 Å². The molecule has 0 aliphatic rings. The molecule has 4 aromatic rings. The van der Waals surface area contributed by atoms with Crippen LogP contribution in [0.5, 0.6) is 5.75 Å². The van der Waals surface area contributed by atoms with Crippen LogP contribution in [0.2, 0.25) is 0 Å². The molecule has 4 nitrogen and oxygen atoms in total. The van der Waals surface area contributed by atoms with Gasteiger partial charge in [0.25, 0.3) is 0 Å². The Labute approximate surface area is 169 Å². The number of rotatable bonds is 5. The monoisotopic (exact) mass is 389 g/mol. The maximum atomic E-state index is 6.47. The summed E-state index contributed by atoms with van der Waals surface area (Å²) in [5.41, 5.74) is 6.93.